The van der Waals surface area contributed by atoms with E-state index in [1.165, 1.54) is 5.48 Å². The maximum atomic E-state index is 11.3. The normalized spacial score (nSPS) is 10.8. The van der Waals surface area contributed by atoms with Crippen molar-refractivity contribution in [3.63, 3.8) is 0 Å². The summed E-state index contributed by atoms with van der Waals surface area (Å²) in [5, 5.41) is 19.7. The van der Waals surface area contributed by atoms with Gasteiger partial charge in [-0.05, 0) is 31.2 Å². The summed E-state index contributed by atoms with van der Waals surface area (Å²) in [7, 11) is 0. The van der Waals surface area contributed by atoms with Crippen molar-refractivity contribution in [2.24, 2.45) is 0 Å². The molecule has 4 aromatic heterocycles. The van der Waals surface area contributed by atoms with Crippen molar-refractivity contribution in [1.82, 2.24) is 30.0 Å². The van der Waals surface area contributed by atoms with Gasteiger partial charge in [-0.3, -0.25) is 14.4 Å². The molecular formula is C16H13N7O2S. The molecule has 4 aromatic rings. The van der Waals surface area contributed by atoms with Gasteiger partial charge in [-0.2, -0.15) is 0 Å². The molecular weight excluding hydrogens is 354 g/mol. The van der Waals surface area contributed by atoms with Crippen molar-refractivity contribution in [2.45, 2.75) is 6.92 Å². The summed E-state index contributed by atoms with van der Waals surface area (Å²) in [6, 6.07) is 9.62. The molecule has 3 N–H and O–H groups in total. The zero-order valence-electron chi connectivity index (χ0n) is 13.5. The van der Waals surface area contributed by atoms with Crippen molar-refractivity contribution in [3.05, 3.63) is 53.4 Å². The molecule has 0 aliphatic heterocycles. The van der Waals surface area contributed by atoms with Gasteiger partial charge in [0.2, 0.25) is 10.1 Å². The molecule has 26 heavy (non-hydrogen) atoms. The quantitative estimate of drug-likeness (QED) is 0.374. The number of imidazole rings is 1. The Balaban J connectivity index is 1.67. The van der Waals surface area contributed by atoms with Crippen LogP contribution >= 0.6 is 11.3 Å². The Morgan fingerprint density at radius 3 is 3.00 bits per heavy atom. The summed E-state index contributed by atoms with van der Waals surface area (Å²) in [5.74, 6) is -0.154. The molecule has 1 amide bonds. The van der Waals surface area contributed by atoms with Gasteiger partial charge in [-0.25, -0.2) is 15.4 Å². The monoisotopic (exact) mass is 367 g/mol. The second kappa shape index (κ2) is 6.50. The van der Waals surface area contributed by atoms with Crippen molar-refractivity contribution >= 4 is 33.8 Å². The van der Waals surface area contributed by atoms with Crippen LogP contribution in [0.3, 0.4) is 0 Å². The summed E-state index contributed by atoms with van der Waals surface area (Å²) in [6.07, 6.45) is 3.64. The fraction of sp³-hybridized carbons (Fsp3) is 0.0625. The highest BCUT2D eigenvalue weighted by Gasteiger charge is 2.14. The number of carbonyl (C=O) groups is 1. The predicted octanol–water partition coefficient (Wildman–Crippen LogP) is 2.42. The molecule has 130 valence electrons. The molecule has 0 aromatic carbocycles. The number of anilines is 2. The first-order valence-corrected chi connectivity index (χ1v) is 8.42. The molecule has 0 fully saturated rings. The number of aromatic nitrogens is 5. The maximum Gasteiger partial charge on any atom is 0.305 e. The van der Waals surface area contributed by atoms with Gasteiger partial charge < -0.3 is 5.32 Å². The van der Waals surface area contributed by atoms with E-state index in [0.717, 1.165) is 33.9 Å². The van der Waals surface area contributed by atoms with Crippen molar-refractivity contribution in [2.75, 3.05) is 5.32 Å². The van der Waals surface area contributed by atoms with Gasteiger partial charge in [-0.15, -0.1) is 10.2 Å². The lowest BCUT2D eigenvalue weighted by Crippen LogP contribution is -2.18. The smallest absolute Gasteiger partial charge is 0.305 e. The minimum absolute atomic E-state index is 0.0452. The fourth-order valence-corrected chi connectivity index (χ4v) is 3.27. The Kier molecular flexibility index (Phi) is 4.03. The Bertz CT molecular complexity index is 1100. The number of carbonyl (C=O) groups excluding carboxylic acids is 1. The summed E-state index contributed by atoms with van der Waals surface area (Å²) in [4.78, 5) is 20.2. The lowest BCUT2D eigenvalue weighted by molar-refractivity contribution is 0.0705. The van der Waals surface area contributed by atoms with E-state index in [4.69, 9.17) is 5.21 Å². The van der Waals surface area contributed by atoms with Crippen LogP contribution in [0, 0.1) is 6.92 Å². The fourth-order valence-electron chi connectivity index (χ4n) is 2.63. The third kappa shape index (κ3) is 2.87. The first kappa shape index (κ1) is 16.1. The molecule has 10 heteroatoms. The molecule has 0 spiro atoms. The highest BCUT2D eigenvalue weighted by Crippen LogP contribution is 2.27. The van der Waals surface area contributed by atoms with E-state index in [0.29, 0.717) is 10.9 Å². The highest BCUT2D eigenvalue weighted by molar-refractivity contribution is 7.17. The van der Waals surface area contributed by atoms with Gasteiger partial charge in [0.1, 0.15) is 11.5 Å². The number of amides is 1. The van der Waals surface area contributed by atoms with Crippen LogP contribution in [0.5, 0.6) is 0 Å². The number of hydrogen-bond acceptors (Lipinski definition) is 8. The molecule has 0 aliphatic rings. The summed E-state index contributed by atoms with van der Waals surface area (Å²) < 4.78 is 2.02. The predicted molar refractivity (Wildman–Crippen MR) is 95.6 cm³/mol. The summed E-state index contributed by atoms with van der Waals surface area (Å²) in [5.41, 5.74) is 5.22. The molecule has 9 nitrogen and oxygen atoms in total. The number of hydroxylamine groups is 1. The molecule has 0 unspecified atom stereocenters. The zero-order chi connectivity index (χ0) is 18.1. The van der Waals surface area contributed by atoms with E-state index in [2.05, 4.69) is 25.5 Å². The Morgan fingerprint density at radius 2 is 2.15 bits per heavy atom. The maximum absolute atomic E-state index is 11.3. The molecule has 0 saturated heterocycles. The van der Waals surface area contributed by atoms with Gasteiger partial charge in [0.05, 0.1) is 11.4 Å². The van der Waals surface area contributed by atoms with Crippen LogP contribution in [0.15, 0.2) is 42.7 Å². The average molecular weight is 367 g/mol. The number of aryl methyl sites for hydroxylation is 1. The van der Waals surface area contributed by atoms with E-state index < -0.39 is 5.91 Å². The van der Waals surface area contributed by atoms with E-state index in [9.17, 15) is 4.79 Å². The Morgan fingerprint density at radius 1 is 1.27 bits per heavy atom. The zero-order valence-corrected chi connectivity index (χ0v) is 14.4. The molecule has 0 radical (unpaired) electrons. The van der Waals surface area contributed by atoms with E-state index in [1.807, 2.05) is 47.9 Å². The Labute approximate surface area is 151 Å². The van der Waals surface area contributed by atoms with Gasteiger partial charge in [0, 0.05) is 18.0 Å². The third-order valence-electron chi connectivity index (χ3n) is 3.69. The average Bonchev–Trinajstić information content (AvgIpc) is 3.24. The second-order valence-corrected chi connectivity index (χ2v) is 6.36. The standard InChI is InChI=1S/C16H13N7O2S/c1-9-13(23-7-3-2-4-12(23)18-9)10-5-6-17-11(8-10)19-16-21-20-15(26-16)14(24)22-25/h2-8,25H,1H3,(H,22,24)(H,17,19,21). The minimum Gasteiger partial charge on any atom is -0.315 e. The van der Waals surface area contributed by atoms with Crippen molar-refractivity contribution < 1.29 is 10.0 Å². The number of fused-ring (bicyclic) bond motifs is 1. The van der Waals surface area contributed by atoms with Crippen LogP contribution in [0.2, 0.25) is 0 Å². The van der Waals surface area contributed by atoms with Crippen molar-refractivity contribution in [3.8, 4) is 11.3 Å². The van der Waals surface area contributed by atoms with Gasteiger partial charge in [0.25, 0.3) is 0 Å². The second-order valence-electron chi connectivity index (χ2n) is 5.38. The van der Waals surface area contributed by atoms with E-state index >= 15 is 0 Å². The number of hydrogen-bond donors (Lipinski definition) is 3. The van der Waals surface area contributed by atoms with Gasteiger partial charge >= 0.3 is 5.91 Å². The van der Waals surface area contributed by atoms with Crippen LogP contribution in [-0.2, 0) is 0 Å². The molecule has 4 rings (SSSR count). The third-order valence-corrected chi connectivity index (χ3v) is 4.53. The molecule has 0 atom stereocenters. The summed E-state index contributed by atoms with van der Waals surface area (Å²) in [6.45, 7) is 1.96. The Hall–Kier alpha value is -3.37. The summed E-state index contributed by atoms with van der Waals surface area (Å²) >= 11 is 1.01. The number of nitrogens with one attached hydrogen (secondary N) is 2. The first-order valence-electron chi connectivity index (χ1n) is 7.61. The lowest BCUT2D eigenvalue weighted by atomic mass is 10.1. The van der Waals surface area contributed by atoms with E-state index in [1.54, 1.807) is 6.20 Å². The van der Waals surface area contributed by atoms with Gasteiger partial charge in [0.15, 0.2) is 0 Å². The van der Waals surface area contributed by atoms with Crippen LogP contribution in [-0.4, -0.2) is 35.7 Å². The van der Waals surface area contributed by atoms with E-state index in [-0.39, 0.29) is 5.01 Å². The lowest BCUT2D eigenvalue weighted by Gasteiger charge is -2.06. The number of nitrogens with zero attached hydrogens (tertiary/aromatic N) is 5. The topological polar surface area (TPSA) is 117 Å². The largest absolute Gasteiger partial charge is 0.315 e. The van der Waals surface area contributed by atoms with Crippen LogP contribution in [0.1, 0.15) is 15.5 Å². The molecule has 4 heterocycles. The van der Waals surface area contributed by atoms with Crippen LogP contribution in [0.25, 0.3) is 16.9 Å². The highest BCUT2D eigenvalue weighted by atomic mass is 32.1. The van der Waals surface area contributed by atoms with Crippen LogP contribution in [0.4, 0.5) is 10.9 Å². The first-order chi connectivity index (χ1) is 12.7. The minimum atomic E-state index is -0.710. The van der Waals surface area contributed by atoms with Crippen molar-refractivity contribution in [1.29, 1.82) is 0 Å². The SMILES string of the molecule is Cc1nc2ccccn2c1-c1ccnc(Nc2nnc(C(=O)NO)s2)c1. The molecule has 0 bridgehead atoms. The van der Waals surface area contributed by atoms with Crippen LogP contribution < -0.4 is 10.8 Å². The number of rotatable bonds is 4. The number of pyridine rings is 2. The molecule has 0 aliphatic carbocycles. The molecule has 0 saturated carbocycles. The van der Waals surface area contributed by atoms with Gasteiger partial charge in [-0.1, -0.05) is 17.4 Å².